The molecule has 2 saturated heterocycles. The zero-order valence-corrected chi connectivity index (χ0v) is 14.4. The molecular weight excluding hydrogens is 292 g/mol. The maximum Gasteiger partial charge on any atom is 0.158 e. The molecule has 0 unspecified atom stereocenters. The number of rotatable bonds is 0. The van der Waals surface area contributed by atoms with Crippen LogP contribution in [0.4, 0.5) is 0 Å². The average Bonchev–Trinajstić information content (AvgIpc) is 3.32. The highest BCUT2D eigenvalue weighted by Crippen LogP contribution is 2.55. The molecule has 0 aromatic carbocycles. The molecule has 7 atom stereocenters. The van der Waals surface area contributed by atoms with Crippen LogP contribution in [0.15, 0.2) is 12.2 Å². The summed E-state index contributed by atoms with van der Waals surface area (Å²) >= 11 is 0. The van der Waals surface area contributed by atoms with Crippen molar-refractivity contribution in [1.82, 2.24) is 0 Å². The van der Waals surface area contributed by atoms with E-state index in [2.05, 4.69) is 27.4 Å². The van der Waals surface area contributed by atoms with Gasteiger partial charge in [-0.3, -0.25) is 4.79 Å². The number of carbonyl (C=O) groups is 1. The number of Topliss-reactive ketones (excluding diaryl/α,β-unsaturated/α-hetero) is 1. The van der Waals surface area contributed by atoms with Crippen LogP contribution in [-0.2, 0) is 14.3 Å². The van der Waals surface area contributed by atoms with Crippen LogP contribution in [0.1, 0.15) is 52.9 Å². The average molecular weight is 320 g/mol. The largest absolute Gasteiger partial charge is 0.392 e. The molecule has 23 heavy (non-hydrogen) atoms. The summed E-state index contributed by atoms with van der Waals surface area (Å²) in [5.74, 6) is 0.177. The van der Waals surface area contributed by atoms with Crippen LogP contribution >= 0.6 is 0 Å². The minimum atomic E-state index is -0.551. The zero-order chi connectivity index (χ0) is 16.6. The molecule has 0 spiro atoms. The van der Waals surface area contributed by atoms with Gasteiger partial charge in [0.25, 0.3) is 0 Å². The molecule has 4 nitrogen and oxygen atoms in total. The lowest BCUT2D eigenvalue weighted by atomic mass is 9.57. The highest BCUT2D eigenvalue weighted by Gasteiger charge is 2.58. The predicted octanol–water partition coefficient (Wildman–Crippen LogP) is 2.63. The molecule has 2 saturated carbocycles. The Hall–Kier alpha value is -0.710. The van der Waals surface area contributed by atoms with Gasteiger partial charge in [-0.25, -0.2) is 0 Å². The van der Waals surface area contributed by atoms with E-state index in [4.69, 9.17) is 9.47 Å². The van der Waals surface area contributed by atoms with E-state index in [1.807, 2.05) is 0 Å². The van der Waals surface area contributed by atoms with Gasteiger partial charge >= 0.3 is 0 Å². The number of hydrogen-bond donors (Lipinski definition) is 1. The number of aliphatic hydroxyl groups is 1. The number of fused-ring (bicyclic) bond motifs is 4. The molecule has 0 radical (unpaired) electrons. The molecule has 0 aromatic heterocycles. The topological polar surface area (TPSA) is 62.4 Å². The van der Waals surface area contributed by atoms with Gasteiger partial charge in [-0.15, -0.1) is 0 Å². The standard InChI is InChI=1S/C19H28O4/c1-10-12(20)7-11-8-16-19(4,23-16)6-5-14-15(22-14)9-13(21)17(10)18(11,2)3/h11,13-17,21H,1,5-9H2,2-4H3/t11-,13+,14-,15-,16+,17-,19+/m0/s1. The zero-order valence-electron chi connectivity index (χ0n) is 14.4. The van der Waals surface area contributed by atoms with Crippen molar-refractivity contribution in [3.8, 4) is 0 Å². The van der Waals surface area contributed by atoms with Crippen LogP contribution in [-0.4, -0.2) is 40.9 Å². The second-order valence-electron chi connectivity index (χ2n) is 8.86. The quantitative estimate of drug-likeness (QED) is 0.550. The monoisotopic (exact) mass is 320 g/mol. The summed E-state index contributed by atoms with van der Waals surface area (Å²) in [6, 6.07) is 0. The maximum absolute atomic E-state index is 12.5. The Bertz CT molecular complexity index is 554. The third-order valence-corrected chi connectivity index (χ3v) is 7.02. The highest BCUT2D eigenvalue weighted by molar-refractivity contribution is 5.96. The second-order valence-corrected chi connectivity index (χ2v) is 8.86. The molecule has 4 fully saturated rings. The lowest BCUT2D eigenvalue weighted by Crippen LogP contribution is -2.48. The van der Waals surface area contributed by atoms with Crippen LogP contribution in [0, 0.1) is 17.3 Å². The van der Waals surface area contributed by atoms with Gasteiger partial charge < -0.3 is 14.6 Å². The van der Waals surface area contributed by atoms with Gasteiger partial charge in [0.1, 0.15) is 0 Å². The Labute approximate surface area is 138 Å². The van der Waals surface area contributed by atoms with Gasteiger partial charge in [-0.05, 0) is 43.1 Å². The molecule has 4 heteroatoms. The molecule has 4 aliphatic rings. The molecule has 2 heterocycles. The van der Waals surface area contributed by atoms with Crippen LogP contribution in [0.3, 0.4) is 0 Å². The second kappa shape index (κ2) is 4.90. The van der Waals surface area contributed by atoms with E-state index in [1.54, 1.807) is 0 Å². The van der Waals surface area contributed by atoms with Gasteiger partial charge in [0.05, 0.1) is 30.0 Å². The molecule has 2 aliphatic heterocycles. The number of ketones is 1. The summed E-state index contributed by atoms with van der Waals surface area (Å²) in [7, 11) is 0. The molecule has 2 aliphatic carbocycles. The normalized spacial score (nSPS) is 51.8. The summed E-state index contributed by atoms with van der Waals surface area (Å²) < 4.78 is 11.8. The van der Waals surface area contributed by atoms with Gasteiger partial charge in [-0.1, -0.05) is 20.4 Å². The Morgan fingerprint density at radius 1 is 1.22 bits per heavy atom. The highest BCUT2D eigenvalue weighted by atomic mass is 16.6. The summed E-state index contributed by atoms with van der Waals surface area (Å²) in [6.07, 6.45) is 4.12. The fraction of sp³-hybridized carbons (Fsp3) is 0.842. The van der Waals surface area contributed by atoms with Gasteiger partial charge in [-0.2, -0.15) is 0 Å². The van der Waals surface area contributed by atoms with E-state index in [1.165, 1.54) is 0 Å². The lowest BCUT2D eigenvalue weighted by molar-refractivity contribution is -0.124. The van der Waals surface area contributed by atoms with Crippen molar-refractivity contribution < 1.29 is 19.4 Å². The van der Waals surface area contributed by atoms with Crippen molar-refractivity contribution >= 4 is 5.78 Å². The first-order valence-electron chi connectivity index (χ1n) is 8.96. The first-order valence-corrected chi connectivity index (χ1v) is 8.96. The fourth-order valence-electron chi connectivity index (χ4n) is 5.12. The van der Waals surface area contributed by atoms with Crippen molar-refractivity contribution in [3.05, 3.63) is 12.2 Å². The van der Waals surface area contributed by atoms with E-state index < -0.39 is 6.10 Å². The van der Waals surface area contributed by atoms with Gasteiger partial charge in [0.15, 0.2) is 5.78 Å². The molecule has 0 amide bonds. The van der Waals surface area contributed by atoms with E-state index in [-0.39, 0.29) is 46.9 Å². The van der Waals surface area contributed by atoms with Crippen molar-refractivity contribution in [1.29, 1.82) is 0 Å². The first kappa shape index (κ1) is 15.8. The molecule has 2 bridgehead atoms. The van der Waals surface area contributed by atoms with Crippen LogP contribution < -0.4 is 0 Å². The Kier molecular flexibility index (Phi) is 3.37. The Morgan fingerprint density at radius 3 is 2.70 bits per heavy atom. The number of carbonyl (C=O) groups excluding carboxylic acids is 1. The Balaban J connectivity index is 1.66. The van der Waals surface area contributed by atoms with E-state index in [0.717, 1.165) is 19.3 Å². The van der Waals surface area contributed by atoms with E-state index in [0.29, 0.717) is 18.4 Å². The minimum Gasteiger partial charge on any atom is -0.392 e. The van der Waals surface area contributed by atoms with Gasteiger partial charge in [0, 0.05) is 18.8 Å². The Morgan fingerprint density at radius 2 is 1.96 bits per heavy atom. The summed E-state index contributed by atoms with van der Waals surface area (Å²) in [5.41, 5.74) is 0.408. The number of hydrogen-bond acceptors (Lipinski definition) is 4. The molecule has 128 valence electrons. The summed E-state index contributed by atoms with van der Waals surface area (Å²) in [5, 5.41) is 10.8. The first-order chi connectivity index (χ1) is 10.7. The van der Waals surface area contributed by atoms with Crippen LogP contribution in [0.5, 0.6) is 0 Å². The fourth-order valence-corrected chi connectivity index (χ4v) is 5.12. The van der Waals surface area contributed by atoms with E-state index >= 15 is 0 Å². The van der Waals surface area contributed by atoms with Crippen molar-refractivity contribution in [2.45, 2.75) is 82.9 Å². The summed E-state index contributed by atoms with van der Waals surface area (Å²) in [6.45, 7) is 10.6. The molecular formula is C19H28O4. The third kappa shape index (κ3) is 2.50. The van der Waals surface area contributed by atoms with E-state index in [9.17, 15) is 9.90 Å². The molecule has 0 aromatic rings. The number of aliphatic hydroxyl groups excluding tert-OH is 1. The van der Waals surface area contributed by atoms with Gasteiger partial charge in [0.2, 0.25) is 0 Å². The number of ether oxygens (including phenoxy) is 2. The smallest absolute Gasteiger partial charge is 0.158 e. The van der Waals surface area contributed by atoms with Crippen LogP contribution in [0.2, 0.25) is 0 Å². The third-order valence-electron chi connectivity index (χ3n) is 7.02. The minimum absolute atomic E-state index is 0.0443. The maximum atomic E-state index is 12.5. The molecule has 4 rings (SSSR count). The number of epoxide rings is 2. The van der Waals surface area contributed by atoms with Crippen LogP contribution in [0.25, 0.3) is 0 Å². The van der Waals surface area contributed by atoms with Crippen molar-refractivity contribution in [2.24, 2.45) is 17.3 Å². The van der Waals surface area contributed by atoms with Crippen molar-refractivity contribution in [2.75, 3.05) is 0 Å². The van der Waals surface area contributed by atoms with Crippen molar-refractivity contribution in [3.63, 3.8) is 0 Å². The summed E-state index contributed by atoms with van der Waals surface area (Å²) in [4.78, 5) is 12.5. The predicted molar refractivity (Wildman–Crippen MR) is 85.9 cm³/mol. The molecule has 1 N–H and O–H groups in total. The SMILES string of the molecule is C=C1C(=O)C[C@H]2C[C@H]3O[C@]3(C)CC[C@@H]3O[C@H]3C[C@@H](O)[C@H]1C2(C)C. The lowest BCUT2D eigenvalue weighted by Gasteiger charge is -2.47.